The van der Waals surface area contributed by atoms with Gasteiger partial charge in [0.1, 0.15) is 18.0 Å². The van der Waals surface area contributed by atoms with Crippen LogP contribution in [0.15, 0.2) is 115 Å². The van der Waals surface area contributed by atoms with E-state index in [1.807, 2.05) is 72.8 Å². The number of hydrogen-bond donors (Lipinski definition) is 3. The average Bonchev–Trinajstić information content (AvgIpc) is 3.32. The monoisotopic (exact) mass is 896 g/mol. The number of rotatable bonds is 8. The first kappa shape index (κ1) is 42.9. The van der Waals surface area contributed by atoms with Gasteiger partial charge in [0.05, 0.1) is 20.6 Å². The molecule has 0 heterocycles. The summed E-state index contributed by atoms with van der Waals surface area (Å²) in [6.45, 7) is 1.48. The van der Waals surface area contributed by atoms with Crippen molar-refractivity contribution in [3.05, 3.63) is 154 Å². The van der Waals surface area contributed by atoms with Gasteiger partial charge in [-0.15, -0.1) is 0 Å². The van der Waals surface area contributed by atoms with Gasteiger partial charge in [-0.3, -0.25) is 9.59 Å². The highest BCUT2D eigenvalue weighted by molar-refractivity contribution is 5.98. The summed E-state index contributed by atoms with van der Waals surface area (Å²) in [6, 6.07) is 35.7. The third kappa shape index (κ3) is 7.29. The molecule has 9 nitrogen and oxygen atoms in total. The number of aryl methyl sites for hydroxylation is 1. The normalized spacial score (nSPS) is 25.7. The van der Waals surface area contributed by atoms with E-state index in [2.05, 4.69) is 30.3 Å². The predicted octanol–water partition coefficient (Wildman–Crippen LogP) is 11.2. The molecule has 2 saturated carbocycles. The van der Waals surface area contributed by atoms with Crippen molar-refractivity contribution in [2.75, 3.05) is 14.2 Å². The first-order chi connectivity index (χ1) is 32.5. The summed E-state index contributed by atoms with van der Waals surface area (Å²) in [5, 5.41) is 35.1. The van der Waals surface area contributed by atoms with Gasteiger partial charge in [0.2, 0.25) is 0 Å². The Kier molecular flexibility index (Phi) is 10.8. The summed E-state index contributed by atoms with van der Waals surface area (Å²) in [7, 11) is 3.15. The van der Waals surface area contributed by atoms with Crippen LogP contribution in [0.1, 0.15) is 89.8 Å². The quantitative estimate of drug-likeness (QED) is 0.128. The summed E-state index contributed by atoms with van der Waals surface area (Å²) < 4.78 is 24.9. The molecule has 0 saturated heterocycles. The van der Waals surface area contributed by atoms with Gasteiger partial charge in [-0.05, 0) is 172 Å². The number of fused-ring (bicyclic) bond motifs is 6. The molecular formula is C58H56O9. The minimum Gasteiger partial charge on any atom is -0.508 e. The Morgan fingerprint density at radius 2 is 1.48 bits per heavy atom. The van der Waals surface area contributed by atoms with Crippen molar-refractivity contribution in [2.45, 2.75) is 88.8 Å². The van der Waals surface area contributed by atoms with Gasteiger partial charge >= 0.3 is 11.9 Å². The third-order valence-corrected chi connectivity index (χ3v) is 16.2. The lowest BCUT2D eigenvalue weighted by molar-refractivity contribution is -0.171. The molecule has 8 unspecified atom stereocenters. The molecule has 0 spiro atoms. The fourth-order valence-electron chi connectivity index (χ4n) is 13.9. The summed E-state index contributed by atoms with van der Waals surface area (Å²) in [4.78, 5) is 28.0. The zero-order valence-corrected chi connectivity index (χ0v) is 38.2. The molecule has 9 heteroatoms. The molecule has 0 amide bonds. The highest BCUT2D eigenvalue weighted by Gasteiger charge is 2.66. The van der Waals surface area contributed by atoms with Crippen LogP contribution in [0.5, 0.6) is 28.7 Å². The number of phenols is 3. The number of phenolic OH excluding ortho intramolecular Hbond substituents is 3. The molecule has 0 bridgehead atoms. The summed E-state index contributed by atoms with van der Waals surface area (Å²) in [6.07, 6.45) is 6.81. The van der Waals surface area contributed by atoms with E-state index in [4.69, 9.17) is 18.9 Å². The van der Waals surface area contributed by atoms with Gasteiger partial charge in [0, 0.05) is 24.7 Å². The Bertz CT molecular complexity index is 2970. The molecule has 0 radical (unpaired) electrons. The lowest BCUT2D eigenvalue weighted by Gasteiger charge is -2.66. The fourth-order valence-corrected chi connectivity index (χ4v) is 13.9. The maximum Gasteiger partial charge on any atom is 0.310 e. The zero-order valence-electron chi connectivity index (χ0n) is 38.2. The predicted molar refractivity (Wildman–Crippen MR) is 257 cm³/mol. The van der Waals surface area contributed by atoms with Crippen molar-refractivity contribution in [1.29, 1.82) is 0 Å². The van der Waals surface area contributed by atoms with Crippen molar-refractivity contribution in [2.24, 2.45) is 23.2 Å². The van der Waals surface area contributed by atoms with Crippen LogP contribution >= 0.6 is 0 Å². The topological polar surface area (TPSA) is 132 Å². The molecule has 5 aliphatic rings. The number of carbonyl (C=O) groups is 2. The van der Waals surface area contributed by atoms with Crippen LogP contribution in [0.25, 0.3) is 28.0 Å². The largest absolute Gasteiger partial charge is 0.508 e. The molecule has 67 heavy (non-hydrogen) atoms. The standard InChI is InChI=1S/C58H56O9/c1-32(59)66-53-29-43(67-56(63)20-33-13-14-37-23-42(60)27-45(44(37)19-33)35-10-5-4-6-11-35)28-48-46-31-55(65-3)51(61)25-39(46)21-38-16-18-49-47-30-52(62)54(64-2)26-40(47)24-50(53)58(49,57(38)48)41-17-15-34-9-7-8-12-36(34)22-41/h4-14,19,22-23,25-27,30-31,38,43,48-50,53,57,60-62H,15-18,20-21,24,28-29H2,1-3H3. The molecule has 0 aromatic heterocycles. The number of aromatic hydroxyl groups is 3. The Hall–Kier alpha value is -6.74. The van der Waals surface area contributed by atoms with Gasteiger partial charge in [-0.2, -0.15) is 0 Å². The lowest BCUT2D eigenvalue weighted by atomic mass is 9.38. The van der Waals surface area contributed by atoms with Crippen molar-refractivity contribution in [3.63, 3.8) is 0 Å². The number of esters is 2. The van der Waals surface area contributed by atoms with E-state index in [1.54, 1.807) is 26.4 Å². The number of hydrogen-bond acceptors (Lipinski definition) is 9. The van der Waals surface area contributed by atoms with Crippen molar-refractivity contribution < 1.29 is 43.9 Å². The summed E-state index contributed by atoms with van der Waals surface area (Å²) in [5.74, 6) is 0.277. The molecule has 6 aromatic carbocycles. The van der Waals surface area contributed by atoms with E-state index in [1.165, 1.54) is 23.6 Å². The number of carbonyl (C=O) groups excluding carboxylic acids is 2. The smallest absolute Gasteiger partial charge is 0.310 e. The van der Waals surface area contributed by atoms with Gasteiger partial charge in [-0.25, -0.2) is 0 Å². The Morgan fingerprint density at radius 3 is 2.28 bits per heavy atom. The van der Waals surface area contributed by atoms with Crippen LogP contribution in [0, 0.1) is 23.2 Å². The third-order valence-electron chi connectivity index (χ3n) is 16.2. The van der Waals surface area contributed by atoms with E-state index in [0.717, 1.165) is 81.8 Å². The number of benzene rings is 6. The Labute approximate surface area is 391 Å². The van der Waals surface area contributed by atoms with Crippen molar-refractivity contribution in [1.82, 2.24) is 0 Å². The molecule has 5 aliphatic carbocycles. The van der Waals surface area contributed by atoms with Gasteiger partial charge < -0.3 is 34.3 Å². The number of ether oxygens (including phenoxy) is 4. The van der Waals surface area contributed by atoms with Gasteiger partial charge in [0.15, 0.2) is 23.0 Å². The lowest BCUT2D eigenvalue weighted by Crippen LogP contribution is -2.61. The first-order valence-electron chi connectivity index (χ1n) is 23.8. The number of allylic oxidation sites excluding steroid dienone is 1. The van der Waals surface area contributed by atoms with Crippen LogP contribution in [-0.2, 0) is 44.7 Å². The zero-order chi connectivity index (χ0) is 46.1. The Balaban J connectivity index is 1.06. The van der Waals surface area contributed by atoms with Crippen LogP contribution in [0.3, 0.4) is 0 Å². The molecule has 342 valence electrons. The van der Waals surface area contributed by atoms with Crippen molar-refractivity contribution >= 4 is 28.8 Å². The van der Waals surface area contributed by atoms with Crippen LogP contribution < -0.4 is 9.47 Å². The highest BCUT2D eigenvalue weighted by atomic mass is 16.6. The molecule has 6 aromatic rings. The van der Waals surface area contributed by atoms with E-state index in [-0.39, 0.29) is 65.2 Å². The van der Waals surface area contributed by atoms with Gasteiger partial charge in [-0.1, -0.05) is 78.4 Å². The van der Waals surface area contributed by atoms with E-state index < -0.39 is 17.6 Å². The van der Waals surface area contributed by atoms with E-state index in [0.29, 0.717) is 30.8 Å². The molecule has 3 N–H and O–H groups in total. The molecule has 0 aliphatic heterocycles. The number of methoxy groups -OCH3 is 2. The maximum atomic E-state index is 14.5. The fraction of sp³-hybridized carbons (Fsp3) is 0.345. The molecule has 8 atom stereocenters. The second-order valence-corrected chi connectivity index (χ2v) is 19.6. The van der Waals surface area contributed by atoms with Crippen LogP contribution in [0.2, 0.25) is 0 Å². The molecular weight excluding hydrogens is 841 g/mol. The van der Waals surface area contributed by atoms with E-state index in [9.17, 15) is 24.9 Å². The highest BCUT2D eigenvalue weighted by Crippen LogP contribution is 2.72. The minimum atomic E-state index is -0.624. The Morgan fingerprint density at radius 1 is 0.716 bits per heavy atom. The average molecular weight is 897 g/mol. The van der Waals surface area contributed by atoms with E-state index >= 15 is 0 Å². The SMILES string of the molecule is COc1cc2c(cc1O)C1CCC3Cc4cc(O)c(OC)cc4C4CC(OC(=O)Cc5ccc6cc(O)cc(-c7ccccc7)c6c5)CC(OC(C)=O)C(C2)C1(C1=Cc2ccccc2CC1)C34. The molecule has 2 fully saturated rings. The second-order valence-electron chi connectivity index (χ2n) is 19.6. The van der Waals surface area contributed by atoms with Crippen LogP contribution in [-0.4, -0.2) is 53.7 Å². The first-order valence-corrected chi connectivity index (χ1v) is 23.8. The van der Waals surface area contributed by atoms with Crippen molar-refractivity contribution in [3.8, 4) is 39.9 Å². The van der Waals surface area contributed by atoms with Gasteiger partial charge in [0.25, 0.3) is 0 Å². The van der Waals surface area contributed by atoms with Crippen LogP contribution in [0.4, 0.5) is 0 Å². The minimum absolute atomic E-state index is 0.0137. The maximum absolute atomic E-state index is 14.5. The second kappa shape index (κ2) is 16.8. The molecule has 11 rings (SSSR count). The summed E-state index contributed by atoms with van der Waals surface area (Å²) in [5.41, 5.74) is 10.3. The summed E-state index contributed by atoms with van der Waals surface area (Å²) >= 11 is 0.